The molecule has 0 unspecified atom stereocenters. The van der Waals surface area contributed by atoms with E-state index in [-0.39, 0.29) is 24.1 Å². The van der Waals surface area contributed by atoms with Crippen LogP contribution in [0.1, 0.15) is 23.4 Å². The number of carbonyl (C=O) groups is 2. The fourth-order valence-electron chi connectivity index (χ4n) is 3.73. The third-order valence-electron chi connectivity index (χ3n) is 5.59. The van der Waals surface area contributed by atoms with Crippen LogP contribution in [0.4, 0.5) is 5.95 Å². The smallest absolute Gasteiger partial charge is 0.290 e. The summed E-state index contributed by atoms with van der Waals surface area (Å²) in [6, 6.07) is 22.8. The van der Waals surface area contributed by atoms with Gasteiger partial charge in [-0.15, -0.1) is 0 Å². The fourth-order valence-corrected chi connectivity index (χ4v) is 3.73. The van der Waals surface area contributed by atoms with E-state index in [0.29, 0.717) is 18.4 Å². The van der Waals surface area contributed by atoms with Gasteiger partial charge in [0.2, 0.25) is 11.9 Å². The number of anilines is 1. The van der Waals surface area contributed by atoms with Crippen LogP contribution in [0.15, 0.2) is 89.7 Å². The first kappa shape index (κ1) is 20.8. The molecule has 1 N–H and O–H groups in total. The maximum absolute atomic E-state index is 13.0. The predicted molar refractivity (Wildman–Crippen MR) is 125 cm³/mol. The van der Waals surface area contributed by atoms with Gasteiger partial charge >= 0.3 is 0 Å². The molecule has 0 bridgehead atoms. The minimum absolute atomic E-state index is 0.0711. The molecular formula is C26H24N4O3. The van der Waals surface area contributed by atoms with Gasteiger partial charge in [0, 0.05) is 24.0 Å². The Hall–Kier alpha value is -4.13. The first-order chi connectivity index (χ1) is 16.2. The number of rotatable bonds is 8. The summed E-state index contributed by atoms with van der Waals surface area (Å²) in [5.74, 6) is 0.492. The van der Waals surface area contributed by atoms with E-state index in [9.17, 15) is 9.59 Å². The highest BCUT2D eigenvalue weighted by atomic mass is 16.3. The van der Waals surface area contributed by atoms with E-state index in [1.807, 2.05) is 71.4 Å². The van der Waals surface area contributed by atoms with E-state index in [1.165, 1.54) is 6.26 Å². The summed E-state index contributed by atoms with van der Waals surface area (Å²) < 4.78 is 7.12. The van der Waals surface area contributed by atoms with Crippen molar-refractivity contribution in [3.63, 3.8) is 0 Å². The molecule has 166 valence electrons. The Balaban J connectivity index is 1.39. The average Bonchev–Trinajstić information content (AvgIpc) is 3.32. The molecule has 1 aliphatic carbocycles. The van der Waals surface area contributed by atoms with Gasteiger partial charge in [-0.25, -0.2) is 4.98 Å². The number of amides is 2. The molecule has 0 aliphatic heterocycles. The molecular weight excluding hydrogens is 416 g/mol. The zero-order valence-electron chi connectivity index (χ0n) is 18.1. The highest BCUT2D eigenvalue weighted by Gasteiger charge is 2.30. The van der Waals surface area contributed by atoms with Crippen LogP contribution in [0.25, 0.3) is 16.9 Å². The van der Waals surface area contributed by atoms with Crippen LogP contribution >= 0.6 is 0 Å². The second-order valence-electron chi connectivity index (χ2n) is 8.18. The minimum Gasteiger partial charge on any atom is -0.459 e. The Morgan fingerprint density at radius 3 is 2.39 bits per heavy atom. The van der Waals surface area contributed by atoms with Crippen molar-refractivity contribution >= 4 is 17.8 Å². The molecule has 1 saturated carbocycles. The number of aromatic nitrogens is 2. The monoisotopic (exact) mass is 440 g/mol. The molecule has 0 radical (unpaired) electrons. The lowest BCUT2D eigenvalue weighted by molar-refractivity contribution is -0.117. The molecule has 2 aromatic heterocycles. The van der Waals surface area contributed by atoms with Crippen molar-refractivity contribution < 1.29 is 14.0 Å². The van der Waals surface area contributed by atoms with Crippen molar-refractivity contribution in [3.05, 3.63) is 91.0 Å². The maximum atomic E-state index is 13.0. The Labute approximate surface area is 191 Å². The molecule has 2 amide bonds. The van der Waals surface area contributed by atoms with E-state index < -0.39 is 0 Å². The van der Waals surface area contributed by atoms with E-state index in [2.05, 4.69) is 10.3 Å². The van der Waals surface area contributed by atoms with Gasteiger partial charge in [-0.3, -0.25) is 19.5 Å². The number of carbonyl (C=O) groups excluding carboxylic acids is 2. The van der Waals surface area contributed by atoms with Crippen molar-refractivity contribution in [1.82, 2.24) is 14.5 Å². The van der Waals surface area contributed by atoms with Gasteiger partial charge in [-0.1, -0.05) is 48.5 Å². The molecule has 2 aromatic carbocycles. The van der Waals surface area contributed by atoms with Gasteiger partial charge in [-0.2, -0.15) is 0 Å². The van der Waals surface area contributed by atoms with Crippen LogP contribution in [0.3, 0.4) is 0 Å². The Morgan fingerprint density at radius 1 is 1.00 bits per heavy atom. The first-order valence-electron chi connectivity index (χ1n) is 11.0. The van der Waals surface area contributed by atoms with Gasteiger partial charge in [0.1, 0.15) is 6.54 Å². The summed E-state index contributed by atoms with van der Waals surface area (Å²) in [6.07, 6.45) is 5.51. The zero-order valence-corrected chi connectivity index (χ0v) is 18.1. The van der Waals surface area contributed by atoms with Gasteiger partial charge in [-0.05, 0) is 43.0 Å². The molecule has 1 fully saturated rings. The highest BCUT2D eigenvalue weighted by molar-refractivity contribution is 5.97. The van der Waals surface area contributed by atoms with Gasteiger partial charge in [0.25, 0.3) is 5.91 Å². The van der Waals surface area contributed by atoms with Crippen LogP contribution in [0.5, 0.6) is 0 Å². The lowest BCUT2D eigenvalue weighted by Gasteiger charge is -2.21. The summed E-state index contributed by atoms with van der Waals surface area (Å²) in [4.78, 5) is 32.1. The normalized spacial score (nSPS) is 13.0. The second kappa shape index (κ2) is 9.16. The zero-order chi connectivity index (χ0) is 22.6. The number of benzene rings is 2. The van der Waals surface area contributed by atoms with Gasteiger partial charge in [0.15, 0.2) is 5.76 Å². The van der Waals surface area contributed by atoms with Gasteiger partial charge < -0.3 is 9.32 Å². The third kappa shape index (κ3) is 4.87. The number of hydrogen-bond acceptors (Lipinski definition) is 4. The van der Waals surface area contributed by atoms with Crippen molar-refractivity contribution in [3.8, 4) is 16.9 Å². The number of imidazole rings is 1. The lowest BCUT2D eigenvalue weighted by atomic mass is 10.2. The van der Waals surface area contributed by atoms with Crippen molar-refractivity contribution in [2.75, 3.05) is 18.4 Å². The minimum atomic E-state index is -0.307. The van der Waals surface area contributed by atoms with E-state index >= 15 is 0 Å². The number of nitrogens with zero attached hydrogens (tertiary/aromatic N) is 3. The average molecular weight is 441 g/mol. The molecule has 1 aliphatic rings. The van der Waals surface area contributed by atoms with Crippen LogP contribution in [0, 0.1) is 5.92 Å². The molecule has 5 rings (SSSR count). The molecule has 0 saturated heterocycles. The van der Waals surface area contributed by atoms with Crippen LogP contribution in [-0.2, 0) is 4.79 Å². The van der Waals surface area contributed by atoms with E-state index in [0.717, 1.165) is 29.8 Å². The molecule has 7 nitrogen and oxygen atoms in total. The number of nitrogens with one attached hydrogen (secondary N) is 1. The van der Waals surface area contributed by atoms with Crippen molar-refractivity contribution in [2.24, 2.45) is 5.92 Å². The first-order valence-corrected chi connectivity index (χ1v) is 11.0. The van der Waals surface area contributed by atoms with E-state index in [1.54, 1.807) is 17.0 Å². The molecule has 33 heavy (non-hydrogen) atoms. The largest absolute Gasteiger partial charge is 0.459 e. The number of hydrogen-bond donors (Lipinski definition) is 1. The van der Waals surface area contributed by atoms with E-state index in [4.69, 9.17) is 4.42 Å². The van der Waals surface area contributed by atoms with Crippen LogP contribution in [0.2, 0.25) is 0 Å². The summed E-state index contributed by atoms with van der Waals surface area (Å²) >= 11 is 0. The Bertz CT molecular complexity index is 1230. The Morgan fingerprint density at radius 2 is 1.73 bits per heavy atom. The SMILES string of the molecule is O=C(CN(CC1CC1)C(=O)c1ccco1)Nc1nc(-c2ccccc2)cn1-c1ccccc1. The molecule has 0 spiro atoms. The second-order valence-corrected chi connectivity index (χ2v) is 8.18. The Kier molecular flexibility index (Phi) is 5.76. The molecule has 0 atom stereocenters. The number of para-hydroxylation sites is 1. The topological polar surface area (TPSA) is 80.4 Å². The van der Waals surface area contributed by atoms with Crippen molar-refractivity contribution in [2.45, 2.75) is 12.8 Å². The highest BCUT2D eigenvalue weighted by Crippen LogP contribution is 2.30. The van der Waals surface area contributed by atoms with Crippen LogP contribution in [-0.4, -0.2) is 39.4 Å². The summed E-state index contributed by atoms with van der Waals surface area (Å²) in [6.45, 7) is 0.466. The predicted octanol–water partition coefficient (Wildman–Crippen LogP) is 4.62. The summed E-state index contributed by atoms with van der Waals surface area (Å²) in [5.41, 5.74) is 2.58. The quantitative estimate of drug-likeness (QED) is 0.433. The number of furan rings is 1. The van der Waals surface area contributed by atoms with Crippen LogP contribution < -0.4 is 5.32 Å². The standard InChI is InChI=1S/C26H24N4O3/c31-24(18-29(16-19-13-14-19)25(32)23-12-7-15-33-23)28-26-27-22(20-8-3-1-4-9-20)17-30(26)21-10-5-2-6-11-21/h1-12,15,17,19H,13-14,16,18H2,(H,27,28,31). The summed E-state index contributed by atoms with van der Waals surface area (Å²) in [5, 5.41) is 2.91. The van der Waals surface area contributed by atoms with Crippen molar-refractivity contribution in [1.29, 1.82) is 0 Å². The molecule has 2 heterocycles. The fraction of sp³-hybridized carbons (Fsp3) is 0.192. The summed E-state index contributed by atoms with van der Waals surface area (Å²) in [7, 11) is 0. The maximum Gasteiger partial charge on any atom is 0.290 e. The van der Waals surface area contributed by atoms with Gasteiger partial charge in [0.05, 0.1) is 12.0 Å². The lowest BCUT2D eigenvalue weighted by Crippen LogP contribution is -2.39. The third-order valence-corrected chi connectivity index (χ3v) is 5.59. The molecule has 7 heteroatoms. The molecule has 4 aromatic rings.